The van der Waals surface area contributed by atoms with Gasteiger partial charge in [0.1, 0.15) is 12.2 Å². The van der Waals surface area contributed by atoms with Gasteiger partial charge in [-0.1, -0.05) is 18.2 Å². The van der Waals surface area contributed by atoms with Crippen LogP contribution < -0.4 is 10.5 Å². The summed E-state index contributed by atoms with van der Waals surface area (Å²) in [5.74, 6) is 0.0283. The first-order valence-electron chi connectivity index (χ1n) is 9.12. The van der Waals surface area contributed by atoms with Crippen LogP contribution in [0.1, 0.15) is 6.42 Å². The molecule has 9 heteroatoms. The Morgan fingerprint density at radius 2 is 1.93 bits per heavy atom. The van der Waals surface area contributed by atoms with Crippen LogP contribution in [-0.4, -0.2) is 41.7 Å². The van der Waals surface area contributed by atoms with Crippen molar-refractivity contribution in [1.29, 1.82) is 0 Å². The van der Waals surface area contributed by atoms with Crippen molar-refractivity contribution in [2.75, 3.05) is 16.4 Å². The van der Waals surface area contributed by atoms with Gasteiger partial charge in [0, 0.05) is 11.8 Å². The van der Waals surface area contributed by atoms with Crippen molar-refractivity contribution >= 4 is 21.4 Å². The highest BCUT2D eigenvalue weighted by Gasteiger charge is 2.35. The largest absolute Gasteiger partial charge is 0.463 e. The maximum Gasteiger partial charge on any atom is 0.267 e. The second kappa shape index (κ2) is 7.67. The van der Waals surface area contributed by atoms with Crippen LogP contribution in [0.25, 0.3) is 11.5 Å². The van der Waals surface area contributed by atoms with Gasteiger partial charge in [0.2, 0.25) is 5.91 Å². The molecule has 1 amide bonds. The van der Waals surface area contributed by atoms with E-state index in [1.165, 1.54) is 23.3 Å². The van der Waals surface area contributed by atoms with Crippen LogP contribution in [0.2, 0.25) is 0 Å². The highest BCUT2D eigenvalue weighted by molar-refractivity contribution is 7.91. The first-order valence-corrected chi connectivity index (χ1v) is 10.9. The van der Waals surface area contributed by atoms with Gasteiger partial charge in [-0.3, -0.25) is 9.59 Å². The molecule has 1 saturated heterocycles. The lowest BCUT2D eigenvalue weighted by Gasteiger charge is -2.28. The number of para-hydroxylation sites is 1. The molecule has 1 aliphatic heterocycles. The molecule has 2 aromatic heterocycles. The monoisotopic (exact) mass is 413 g/mol. The van der Waals surface area contributed by atoms with Crippen molar-refractivity contribution in [2.45, 2.75) is 19.0 Å². The summed E-state index contributed by atoms with van der Waals surface area (Å²) < 4.78 is 30.3. The lowest BCUT2D eigenvalue weighted by atomic mass is 10.1. The van der Waals surface area contributed by atoms with Gasteiger partial charge < -0.3 is 9.32 Å². The molecule has 0 saturated carbocycles. The van der Waals surface area contributed by atoms with Gasteiger partial charge in [-0.25, -0.2) is 13.1 Å². The predicted molar refractivity (Wildman–Crippen MR) is 107 cm³/mol. The molecule has 4 rings (SSSR count). The zero-order chi connectivity index (χ0) is 20.4. The number of sulfone groups is 1. The van der Waals surface area contributed by atoms with Gasteiger partial charge in [-0.05, 0) is 36.8 Å². The molecule has 1 aliphatic rings. The predicted octanol–water partition coefficient (Wildman–Crippen LogP) is 1.72. The maximum atomic E-state index is 13.2. The highest BCUT2D eigenvalue weighted by atomic mass is 32.2. The summed E-state index contributed by atoms with van der Waals surface area (Å²) in [5, 5.41) is 4.23. The van der Waals surface area contributed by atoms with Crippen LogP contribution in [0.15, 0.2) is 70.1 Å². The molecular weight excluding hydrogens is 394 g/mol. The van der Waals surface area contributed by atoms with Crippen LogP contribution in [0, 0.1) is 0 Å². The summed E-state index contributed by atoms with van der Waals surface area (Å²) >= 11 is 0. The summed E-state index contributed by atoms with van der Waals surface area (Å²) in [6.07, 6.45) is 1.85. The number of hydrogen-bond acceptors (Lipinski definition) is 6. The number of carbonyl (C=O) groups is 1. The normalized spacial score (nSPS) is 17.9. The van der Waals surface area contributed by atoms with E-state index in [2.05, 4.69) is 5.10 Å². The number of furan rings is 1. The standard InChI is InChI=1S/C20H19N3O5S/c24-19-9-8-17(18-7-4-11-28-18)21-22(19)13-20(25)23(15-5-2-1-3-6-15)16-10-12-29(26,27)14-16/h1-9,11,16H,10,12-14H2. The minimum atomic E-state index is -3.19. The third-order valence-corrected chi connectivity index (χ3v) is 6.55. The quantitative estimate of drug-likeness (QED) is 0.631. The Bertz CT molecular complexity index is 1170. The van der Waals surface area contributed by atoms with E-state index >= 15 is 0 Å². The van der Waals surface area contributed by atoms with Crippen molar-refractivity contribution in [3.05, 3.63) is 71.2 Å². The Morgan fingerprint density at radius 3 is 2.59 bits per heavy atom. The summed E-state index contributed by atoms with van der Waals surface area (Å²) in [6.45, 7) is -0.307. The van der Waals surface area contributed by atoms with Gasteiger partial charge in [-0.15, -0.1) is 0 Å². The average molecular weight is 413 g/mol. The number of hydrogen-bond donors (Lipinski definition) is 0. The number of amides is 1. The minimum absolute atomic E-state index is 0.0421. The lowest BCUT2D eigenvalue weighted by molar-refractivity contribution is -0.119. The van der Waals surface area contributed by atoms with Crippen molar-refractivity contribution in [2.24, 2.45) is 0 Å². The molecule has 0 N–H and O–H groups in total. The van der Waals surface area contributed by atoms with Crippen LogP contribution in [0.4, 0.5) is 5.69 Å². The number of rotatable bonds is 5. The first-order chi connectivity index (χ1) is 13.9. The fourth-order valence-electron chi connectivity index (χ4n) is 3.45. The average Bonchev–Trinajstić information content (AvgIpc) is 3.35. The number of carbonyl (C=O) groups excluding carboxylic acids is 1. The van der Waals surface area contributed by atoms with E-state index in [-0.39, 0.29) is 18.1 Å². The van der Waals surface area contributed by atoms with E-state index in [1.54, 1.807) is 36.4 Å². The summed E-state index contributed by atoms with van der Waals surface area (Å²) in [6, 6.07) is 14.7. The second-order valence-corrected chi connectivity index (χ2v) is 9.08. The smallest absolute Gasteiger partial charge is 0.267 e. The summed E-state index contributed by atoms with van der Waals surface area (Å²) in [4.78, 5) is 26.9. The van der Waals surface area contributed by atoms with Crippen LogP contribution in [0.3, 0.4) is 0 Å². The van der Waals surface area contributed by atoms with Gasteiger partial charge in [0.25, 0.3) is 5.56 Å². The Labute approximate surface area is 167 Å². The highest BCUT2D eigenvalue weighted by Crippen LogP contribution is 2.25. The van der Waals surface area contributed by atoms with Gasteiger partial charge in [0.05, 0.1) is 23.8 Å². The summed E-state index contributed by atoms with van der Waals surface area (Å²) in [7, 11) is -3.19. The minimum Gasteiger partial charge on any atom is -0.463 e. The number of benzene rings is 1. The lowest BCUT2D eigenvalue weighted by Crippen LogP contribution is -2.44. The molecule has 0 spiro atoms. The van der Waals surface area contributed by atoms with Crippen molar-refractivity contribution in [3.8, 4) is 11.5 Å². The zero-order valence-electron chi connectivity index (χ0n) is 15.5. The molecule has 1 unspecified atom stereocenters. The number of anilines is 1. The molecule has 150 valence electrons. The Morgan fingerprint density at radius 1 is 1.14 bits per heavy atom. The molecule has 8 nitrogen and oxygen atoms in total. The molecule has 0 aliphatic carbocycles. The first kappa shape index (κ1) is 19.1. The third-order valence-electron chi connectivity index (χ3n) is 4.80. The zero-order valence-corrected chi connectivity index (χ0v) is 16.3. The molecule has 1 aromatic carbocycles. The van der Waals surface area contributed by atoms with Crippen LogP contribution in [0.5, 0.6) is 0 Å². The van der Waals surface area contributed by atoms with E-state index < -0.39 is 27.3 Å². The van der Waals surface area contributed by atoms with Gasteiger partial charge in [0.15, 0.2) is 15.6 Å². The molecule has 29 heavy (non-hydrogen) atoms. The summed E-state index contributed by atoms with van der Waals surface area (Å²) in [5.41, 5.74) is 0.590. The molecule has 0 radical (unpaired) electrons. The fourth-order valence-corrected chi connectivity index (χ4v) is 5.15. The van der Waals surface area contributed by atoms with E-state index in [9.17, 15) is 18.0 Å². The maximum absolute atomic E-state index is 13.2. The van der Waals surface area contributed by atoms with E-state index in [0.717, 1.165) is 4.68 Å². The van der Waals surface area contributed by atoms with Crippen molar-refractivity contribution < 1.29 is 17.6 Å². The Kier molecular flexibility index (Phi) is 5.06. The molecule has 3 aromatic rings. The third kappa shape index (κ3) is 4.14. The van der Waals surface area contributed by atoms with Crippen molar-refractivity contribution in [3.63, 3.8) is 0 Å². The number of aromatic nitrogens is 2. The second-order valence-electron chi connectivity index (χ2n) is 6.85. The topological polar surface area (TPSA) is 102 Å². The molecule has 1 fully saturated rings. The fraction of sp³-hybridized carbons (Fsp3) is 0.250. The molecule has 3 heterocycles. The van der Waals surface area contributed by atoms with Crippen LogP contribution in [-0.2, 0) is 21.2 Å². The SMILES string of the molecule is O=C(Cn1nc(-c2ccco2)ccc1=O)N(c1ccccc1)C1CCS(=O)(=O)C1. The van der Waals surface area contributed by atoms with Gasteiger partial charge >= 0.3 is 0 Å². The Balaban J connectivity index is 1.65. The van der Waals surface area contributed by atoms with E-state index in [4.69, 9.17) is 4.42 Å². The van der Waals surface area contributed by atoms with Crippen LogP contribution >= 0.6 is 0 Å². The van der Waals surface area contributed by atoms with E-state index in [1.807, 2.05) is 6.07 Å². The Hall–Kier alpha value is -3.20. The molecular formula is C20H19N3O5S. The number of nitrogens with zero attached hydrogens (tertiary/aromatic N) is 3. The molecule has 1 atom stereocenters. The van der Waals surface area contributed by atoms with Crippen molar-refractivity contribution in [1.82, 2.24) is 9.78 Å². The molecule has 0 bridgehead atoms. The van der Waals surface area contributed by atoms with Gasteiger partial charge in [-0.2, -0.15) is 5.10 Å². The van der Waals surface area contributed by atoms with E-state index in [0.29, 0.717) is 23.6 Å².